The summed E-state index contributed by atoms with van der Waals surface area (Å²) in [5, 5.41) is 12.0. The second-order valence-corrected chi connectivity index (χ2v) is 6.76. The Hall–Kier alpha value is -1.43. The lowest BCUT2D eigenvalue weighted by molar-refractivity contribution is 0.467. The van der Waals surface area contributed by atoms with E-state index >= 15 is 0 Å². The van der Waals surface area contributed by atoms with Gasteiger partial charge >= 0.3 is 0 Å². The average molecular weight is 322 g/mol. The van der Waals surface area contributed by atoms with Gasteiger partial charge in [-0.15, -0.1) is 5.10 Å². The van der Waals surface area contributed by atoms with E-state index in [0.717, 1.165) is 22.4 Å². The van der Waals surface area contributed by atoms with Gasteiger partial charge in [-0.2, -0.15) is 0 Å². The van der Waals surface area contributed by atoms with Crippen LogP contribution in [0.3, 0.4) is 0 Å². The minimum atomic E-state index is 0.416. The second-order valence-electron chi connectivity index (χ2n) is 5.85. The molecule has 1 aliphatic rings. The average Bonchev–Trinajstić information content (AvgIpc) is 2.73. The maximum Gasteiger partial charge on any atom is 0.182 e. The summed E-state index contributed by atoms with van der Waals surface area (Å²) in [5.74, 6) is 1.43. The lowest BCUT2D eigenvalue weighted by atomic mass is 10.1. The first-order chi connectivity index (χ1) is 8.95. The van der Waals surface area contributed by atoms with Crippen LogP contribution in [0.25, 0.3) is 11.4 Å². The molecule has 1 aliphatic carbocycles. The Morgan fingerprint density at radius 2 is 2.16 bits per heavy atom. The minimum Gasteiger partial charge on any atom is -0.399 e. The highest BCUT2D eigenvalue weighted by molar-refractivity contribution is 9.10. The van der Waals surface area contributed by atoms with Crippen molar-refractivity contribution in [1.82, 2.24) is 20.2 Å². The van der Waals surface area contributed by atoms with E-state index in [4.69, 9.17) is 5.73 Å². The number of anilines is 1. The third kappa shape index (κ3) is 2.49. The van der Waals surface area contributed by atoms with Gasteiger partial charge in [0.25, 0.3) is 0 Å². The number of nitrogens with zero attached hydrogens (tertiary/aromatic N) is 4. The Morgan fingerprint density at radius 1 is 1.42 bits per heavy atom. The normalized spacial score (nSPS) is 20.5. The van der Waals surface area contributed by atoms with Crippen molar-refractivity contribution in [3.63, 3.8) is 0 Å². The highest BCUT2D eigenvalue weighted by atomic mass is 79.9. The zero-order valence-electron chi connectivity index (χ0n) is 11.0. The van der Waals surface area contributed by atoms with Crippen LogP contribution in [0.15, 0.2) is 22.7 Å². The molecule has 19 heavy (non-hydrogen) atoms. The van der Waals surface area contributed by atoms with Crippen molar-refractivity contribution < 1.29 is 0 Å². The molecular formula is C13H16BrN5. The molecule has 1 fully saturated rings. The Morgan fingerprint density at radius 3 is 2.79 bits per heavy atom. The van der Waals surface area contributed by atoms with Crippen LogP contribution in [-0.4, -0.2) is 20.2 Å². The molecular weight excluding hydrogens is 306 g/mol. The van der Waals surface area contributed by atoms with Crippen LogP contribution in [0.5, 0.6) is 0 Å². The molecule has 1 atom stereocenters. The SMILES string of the molecule is CC1(C)CC1Cn1nnnc1-c1cc(N)cc(Br)c1. The smallest absolute Gasteiger partial charge is 0.182 e. The van der Waals surface area contributed by atoms with Gasteiger partial charge in [-0.1, -0.05) is 29.8 Å². The lowest BCUT2D eigenvalue weighted by Gasteiger charge is -2.07. The number of aromatic nitrogens is 4. The molecule has 0 saturated heterocycles. The van der Waals surface area contributed by atoms with Gasteiger partial charge in [0.1, 0.15) is 0 Å². The van der Waals surface area contributed by atoms with Gasteiger partial charge in [0.2, 0.25) is 0 Å². The summed E-state index contributed by atoms with van der Waals surface area (Å²) in [7, 11) is 0. The third-order valence-electron chi connectivity index (χ3n) is 3.82. The van der Waals surface area contributed by atoms with Crippen LogP contribution >= 0.6 is 15.9 Å². The van der Waals surface area contributed by atoms with Crippen molar-refractivity contribution in [3.8, 4) is 11.4 Å². The first-order valence-corrected chi connectivity index (χ1v) is 7.07. The molecule has 1 aromatic carbocycles. The van der Waals surface area contributed by atoms with E-state index in [1.54, 1.807) is 0 Å². The van der Waals surface area contributed by atoms with E-state index in [9.17, 15) is 0 Å². The number of hydrogen-bond acceptors (Lipinski definition) is 4. The van der Waals surface area contributed by atoms with E-state index in [0.29, 0.717) is 17.0 Å². The zero-order chi connectivity index (χ0) is 13.6. The number of tetrazole rings is 1. The van der Waals surface area contributed by atoms with Crippen LogP contribution in [-0.2, 0) is 6.54 Å². The molecule has 0 aliphatic heterocycles. The molecule has 6 heteroatoms. The maximum atomic E-state index is 5.86. The Balaban J connectivity index is 1.91. The van der Waals surface area contributed by atoms with Crippen LogP contribution in [0.2, 0.25) is 0 Å². The molecule has 0 bridgehead atoms. The molecule has 1 saturated carbocycles. The second kappa shape index (κ2) is 4.30. The van der Waals surface area contributed by atoms with Crippen molar-refractivity contribution in [2.24, 2.45) is 11.3 Å². The Kier molecular flexibility index (Phi) is 2.85. The van der Waals surface area contributed by atoms with Crippen molar-refractivity contribution >= 4 is 21.6 Å². The minimum absolute atomic E-state index is 0.416. The summed E-state index contributed by atoms with van der Waals surface area (Å²) in [4.78, 5) is 0. The van der Waals surface area contributed by atoms with Gasteiger partial charge in [-0.05, 0) is 46.4 Å². The molecule has 0 radical (unpaired) electrons. The maximum absolute atomic E-state index is 5.86. The summed E-state index contributed by atoms with van der Waals surface area (Å²) >= 11 is 3.45. The van der Waals surface area contributed by atoms with Crippen molar-refractivity contribution in [2.45, 2.75) is 26.8 Å². The predicted molar refractivity (Wildman–Crippen MR) is 77.3 cm³/mol. The van der Waals surface area contributed by atoms with Gasteiger partial charge < -0.3 is 5.73 Å². The number of nitrogen functional groups attached to an aromatic ring is 1. The molecule has 1 unspecified atom stereocenters. The van der Waals surface area contributed by atoms with Gasteiger partial charge in [0, 0.05) is 22.3 Å². The Bertz CT molecular complexity index is 599. The van der Waals surface area contributed by atoms with Gasteiger partial charge in [0.05, 0.1) is 0 Å². The van der Waals surface area contributed by atoms with Crippen molar-refractivity contribution in [1.29, 1.82) is 0 Å². The zero-order valence-corrected chi connectivity index (χ0v) is 12.6. The summed E-state index contributed by atoms with van der Waals surface area (Å²) in [6.45, 7) is 5.42. The van der Waals surface area contributed by atoms with E-state index in [2.05, 4.69) is 45.3 Å². The predicted octanol–water partition coefficient (Wildman–Crippen LogP) is 2.73. The quantitative estimate of drug-likeness (QED) is 0.882. The van der Waals surface area contributed by atoms with E-state index in [-0.39, 0.29) is 0 Å². The first-order valence-electron chi connectivity index (χ1n) is 6.28. The lowest BCUT2D eigenvalue weighted by Crippen LogP contribution is -2.07. The molecule has 100 valence electrons. The van der Waals surface area contributed by atoms with E-state index < -0.39 is 0 Å². The van der Waals surface area contributed by atoms with Crippen LogP contribution in [0, 0.1) is 11.3 Å². The molecule has 2 N–H and O–H groups in total. The van der Waals surface area contributed by atoms with E-state index in [1.807, 2.05) is 22.9 Å². The molecule has 1 aromatic heterocycles. The van der Waals surface area contributed by atoms with E-state index in [1.165, 1.54) is 6.42 Å². The number of nitrogens with two attached hydrogens (primary N) is 1. The molecule has 3 rings (SSSR count). The highest BCUT2D eigenvalue weighted by Gasteiger charge is 2.46. The number of rotatable bonds is 3. The number of halogens is 1. The summed E-state index contributed by atoms with van der Waals surface area (Å²) in [6, 6.07) is 5.74. The van der Waals surface area contributed by atoms with Crippen LogP contribution in [0.1, 0.15) is 20.3 Å². The van der Waals surface area contributed by atoms with Crippen LogP contribution < -0.4 is 5.73 Å². The summed E-state index contributed by atoms with van der Waals surface area (Å²) in [5.41, 5.74) is 7.92. The fourth-order valence-electron chi connectivity index (χ4n) is 2.37. The number of benzene rings is 1. The fraction of sp³-hybridized carbons (Fsp3) is 0.462. The van der Waals surface area contributed by atoms with Crippen molar-refractivity contribution in [3.05, 3.63) is 22.7 Å². The number of hydrogen-bond donors (Lipinski definition) is 1. The molecule has 2 aromatic rings. The summed E-state index contributed by atoms with van der Waals surface area (Å²) in [6.07, 6.45) is 1.23. The summed E-state index contributed by atoms with van der Waals surface area (Å²) < 4.78 is 2.81. The fourth-order valence-corrected chi connectivity index (χ4v) is 2.88. The molecule has 5 nitrogen and oxygen atoms in total. The van der Waals surface area contributed by atoms with Gasteiger partial charge in [0.15, 0.2) is 5.82 Å². The molecule has 1 heterocycles. The monoisotopic (exact) mass is 321 g/mol. The standard InChI is InChI=1S/C13H16BrN5/c1-13(2)6-9(13)7-19-12(16-17-18-19)8-3-10(14)5-11(15)4-8/h3-5,9H,6-7,15H2,1-2H3. The van der Waals surface area contributed by atoms with Crippen molar-refractivity contribution in [2.75, 3.05) is 5.73 Å². The topological polar surface area (TPSA) is 69.6 Å². The van der Waals surface area contributed by atoms with Crippen LogP contribution in [0.4, 0.5) is 5.69 Å². The highest BCUT2D eigenvalue weighted by Crippen LogP contribution is 2.52. The largest absolute Gasteiger partial charge is 0.399 e. The molecule has 0 amide bonds. The first kappa shape index (κ1) is 12.6. The third-order valence-corrected chi connectivity index (χ3v) is 4.28. The Labute approximate surface area is 120 Å². The molecule has 0 spiro atoms. The van der Waals surface area contributed by atoms with Gasteiger partial charge in [-0.3, -0.25) is 0 Å². The van der Waals surface area contributed by atoms with Gasteiger partial charge in [-0.25, -0.2) is 4.68 Å².